The summed E-state index contributed by atoms with van der Waals surface area (Å²) in [6.45, 7) is 12.3. The van der Waals surface area contributed by atoms with Crippen molar-refractivity contribution in [3.8, 4) is 0 Å². The fraction of sp³-hybridized carbons (Fsp3) is 0.688. The highest BCUT2D eigenvalue weighted by Gasteiger charge is 2.26. The average Bonchev–Trinajstić information content (AvgIpc) is 2.32. The number of pyridine rings is 1. The maximum Gasteiger partial charge on any atom is 0.0313 e. The predicted octanol–water partition coefficient (Wildman–Crippen LogP) is 2.60. The molecule has 2 rings (SSSR count). The quantitative estimate of drug-likeness (QED) is 0.903. The van der Waals surface area contributed by atoms with E-state index in [0.29, 0.717) is 12.1 Å². The van der Waals surface area contributed by atoms with Gasteiger partial charge in [0, 0.05) is 44.1 Å². The van der Waals surface area contributed by atoms with Gasteiger partial charge >= 0.3 is 0 Å². The van der Waals surface area contributed by atoms with Gasteiger partial charge in [-0.2, -0.15) is 0 Å². The summed E-state index contributed by atoms with van der Waals surface area (Å²) in [7, 11) is 0. The van der Waals surface area contributed by atoms with Gasteiger partial charge in [0.1, 0.15) is 0 Å². The smallest absolute Gasteiger partial charge is 0.0313 e. The predicted molar refractivity (Wildman–Crippen MR) is 80.1 cm³/mol. The lowest BCUT2D eigenvalue weighted by atomic mass is 9.98. The number of aryl methyl sites for hydroxylation is 1. The monoisotopic (exact) mass is 261 g/mol. The molecule has 2 heterocycles. The molecular weight excluding hydrogens is 234 g/mol. The summed E-state index contributed by atoms with van der Waals surface area (Å²) in [5.41, 5.74) is 2.59. The fourth-order valence-electron chi connectivity index (χ4n) is 2.94. The maximum absolute atomic E-state index is 4.31. The second kappa shape index (κ2) is 6.49. The third-order valence-corrected chi connectivity index (χ3v) is 3.79. The third-order valence-electron chi connectivity index (χ3n) is 3.79. The lowest BCUT2D eigenvalue weighted by molar-refractivity contribution is 0.111. The topological polar surface area (TPSA) is 28.2 Å². The Labute approximate surface area is 117 Å². The highest BCUT2D eigenvalue weighted by Crippen LogP contribution is 2.18. The Morgan fingerprint density at radius 2 is 2.21 bits per heavy atom. The first-order valence-electron chi connectivity index (χ1n) is 7.42. The number of nitrogens with one attached hydrogen (secondary N) is 1. The number of nitrogens with zero attached hydrogens (tertiary/aromatic N) is 2. The molecule has 1 aliphatic rings. The van der Waals surface area contributed by atoms with Crippen LogP contribution in [0.4, 0.5) is 0 Å². The van der Waals surface area contributed by atoms with Crippen LogP contribution in [0.2, 0.25) is 0 Å². The standard InChI is InChI=1S/C16H27N3/c1-12(2)5-16-9-18-14(4)10-19(16)11-15-6-13(3)7-17-8-15/h6-8,12,14,16,18H,5,9-11H2,1-4H3. The van der Waals surface area contributed by atoms with Crippen molar-refractivity contribution in [3.63, 3.8) is 0 Å². The van der Waals surface area contributed by atoms with Crippen molar-refractivity contribution in [2.75, 3.05) is 13.1 Å². The van der Waals surface area contributed by atoms with E-state index in [-0.39, 0.29) is 0 Å². The van der Waals surface area contributed by atoms with Crippen LogP contribution in [0.25, 0.3) is 0 Å². The average molecular weight is 261 g/mol. The Morgan fingerprint density at radius 3 is 2.89 bits per heavy atom. The number of hydrogen-bond acceptors (Lipinski definition) is 3. The molecule has 2 unspecified atom stereocenters. The van der Waals surface area contributed by atoms with Crippen LogP contribution in [0.5, 0.6) is 0 Å². The van der Waals surface area contributed by atoms with Crippen molar-refractivity contribution in [1.29, 1.82) is 0 Å². The van der Waals surface area contributed by atoms with E-state index in [4.69, 9.17) is 0 Å². The molecule has 1 saturated heterocycles. The van der Waals surface area contributed by atoms with Crippen LogP contribution in [-0.4, -0.2) is 35.1 Å². The molecule has 0 aliphatic carbocycles. The van der Waals surface area contributed by atoms with Gasteiger partial charge in [0.15, 0.2) is 0 Å². The molecule has 106 valence electrons. The zero-order chi connectivity index (χ0) is 13.8. The van der Waals surface area contributed by atoms with Gasteiger partial charge < -0.3 is 5.32 Å². The molecule has 0 amide bonds. The molecule has 1 aromatic rings. The maximum atomic E-state index is 4.31. The van der Waals surface area contributed by atoms with Crippen LogP contribution in [0, 0.1) is 12.8 Å². The molecule has 1 fully saturated rings. The van der Waals surface area contributed by atoms with Crippen LogP contribution in [0.15, 0.2) is 18.5 Å². The molecule has 1 aromatic heterocycles. The van der Waals surface area contributed by atoms with Gasteiger partial charge in [-0.15, -0.1) is 0 Å². The van der Waals surface area contributed by atoms with Crippen molar-refractivity contribution >= 4 is 0 Å². The zero-order valence-corrected chi connectivity index (χ0v) is 12.7. The first-order valence-corrected chi connectivity index (χ1v) is 7.42. The Bertz CT molecular complexity index is 403. The van der Waals surface area contributed by atoms with Crippen molar-refractivity contribution in [1.82, 2.24) is 15.2 Å². The largest absolute Gasteiger partial charge is 0.311 e. The minimum Gasteiger partial charge on any atom is -0.311 e. The summed E-state index contributed by atoms with van der Waals surface area (Å²) >= 11 is 0. The van der Waals surface area contributed by atoms with Crippen LogP contribution >= 0.6 is 0 Å². The van der Waals surface area contributed by atoms with Gasteiger partial charge in [-0.25, -0.2) is 0 Å². The summed E-state index contributed by atoms with van der Waals surface area (Å²) in [5, 5.41) is 3.61. The molecule has 0 saturated carbocycles. The van der Waals surface area contributed by atoms with E-state index < -0.39 is 0 Å². The highest BCUT2D eigenvalue weighted by atomic mass is 15.2. The van der Waals surface area contributed by atoms with Gasteiger partial charge in [-0.05, 0) is 37.3 Å². The molecule has 0 bridgehead atoms. The Hall–Kier alpha value is -0.930. The van der Waals surface area contributed by atoms with E-state index in [1.165, 1.54) is 17.5 Å². The third kappa shape index (κ3) is 4.29. The van der Waals surface area contributed by atoms with Crippen molar-refractivity contribution in [2.45, 2.75) is 52.7 Å². The van der Waals surface area contributed by atoms with Gasteiger partial charge in [-0.1, -0.05) is 19.9 Å². The van der Waals surface area contributed by atoms with Gasteiger partial charge in [0.25, 0.3) is 0 Å². The van der Waals surface area contributed by atoms with Crippen LogP contribution in [-0.2, 0) is 6.54 Å². The normalized spacial score (nSPS) is 24.9. The van der Waals surface area contributed by atoms with E-state index in [1.807, 2.05) is 12.4 Å². The number of rotatable bonds is 4. The molecule has 3 heteroatoms. The summed E-state index contributed by atoms with van der Waals surface area (Å²) in [5.74, 6) is 0.748. The Balaban J connectivity index is 2.05. The van der Waals surface area contributed by atoms with E-state index in [9.17, 15) is 0 Å². The minimum atomic E-state index is 0.584. The number of aromatic nitrogens is 1. The van der Waals surface area contributed by atoms with Gasteiger partial charge in [-0.3, -0.25) is 9.88 Å². The SMILES string of the molecule is Cc1cncc(CN2CC(C)NCC2CC(C)C)c1. The number of piperazine rings is 1. The minimum absolute atomic E-state index is 0.584. The molecule has 19 heavy (non-hydrogen) atoms. The van der Waals surface area contributed by atoms with Crippen molar-refractivity contribution < 1.29 is 0 Å². The molecule has 0 spiro atoms. The Morgan fingerprint density at radius 1 is 1.42 bits per heavy atom. The summed E-state index contributed by atoms with van der Waals surface area (Å²) in [6, 6.07) is 3.49. The van der Waals surface area contributed by atoms with E-state index >= 15 is 0 Å². The first kappa shape index (κ1) is 14.5. The van der Waals surface area contributed by atoms with E-state index in [0.717, 1.165) is 25.6 Å². The van der Waals surface area contributed by atoms with Gasteiger partial charge in [0.2, 0.25) is 0 Å². The van der Waals surface area contributed by atoms with E-state index in [1.54, 1.807) is 0 Å². The van der Waals surface area contributed by atoms with Crippen molar-refractivity contribution in [2.24, 2.45) is 5.92 Å². The fourth-order valence-corrected chi connectivity index (χ4v) is 2.94. The molecular formula is C16H27N3. The summed E-state index contributed by atoms with van der Waals surface area (Å²) in [6.07, 6.45) is 5.20. The second-order valence-electron chi connectivity index (χ2n) is 6.39. The molecule has 0 aromatic carbocycles. The first-order chi connectivity index (χ1) is 9.04. The van der Waals surface area contributed by atoms with Crippen LogP contribution in [0.1, 0.15) is 38.3 Å². The molecule has 3 nitrogen and oxygen atoms in total. The summed E-state index contributed by atoms with van der Waals surface area (Å²) < 4.78 is 0. The summed E-state index contributed by atoms with van der Waals surface area (Å²) in [4.78, 5) is 6.94. The number of hydrogen-bond donors (Lipinski definition) is 1. The van der Waals surface area contributed by atoms with Crippen LogP contribution < -0.4 is 5.32 Å². The zero-order valence-electron chi connectivity index (χ0n) is 12.7. The molecule has 2 atom stereocenters. The van der Waals surface area contributed by atoms with Gasteiger partial charge in [0.05, 0.1) is 0 Å². The molecule has 1 aliphatic heterocycles. The molecule has 1 N–H and O–H groups in total. The Kier molecular flexibility index (Phi) is 4.94. The lowest BCUT2D eigenvalue weighted by Crippen LogP contribution is -2.55. The molecule has 0 radical (unpaired) electrons. The van der Waals surface area contributed by atoms with Crippen LogP contribution in [0.3, 0.4) is 0 Å². The van der Waals surface area contributed by atoms with Crippen molar-refractivity contribution in [3.05, 3.63) is 29.6 Å². The second-order valence-corrected chi connectivity index (χ2v) is 6.39. The van der Waals surface area contributed by atoms with E-state index in [2.05, 4.69) is 49.0 Å². The highest BCUT2D eigenvalue weighted by molar-refractivity contribution is 5.16. The lowest BCUT2D eigenvalue weighted by Gasteiger charge is -2.40.